The highest BCUT2D eigenvalue weighted by atomic mass is 19.4. The molecule has 1 N–H and O–H groups in total. The number of carbonyl (C=O) groups is 1. The number of pyridine rings is 1. The van der Waals surface area contributed by atoms with Crippen molar-refractivity contribution in [1.29, 1.82) is 0 Å². The Morgan fingerprint density at radius 1 is 1.21 bits per heavy atom. The van der Waals surface area contributed by atoms with E-state index in [0.29, 0.717) is 22.0 Å². The lowest BCUT2D eigenvalue weighted by Crippen LogP contribution is -2.16. The quantitative estimate of drug-likeness (QED) is 0.680. The Labute approximate surface area is 153 Å². The number of alkyl halides is 5. The Morgan fingerprint density at radius 3 is 2.71 bits per heavy atom. The summed E-state index contributed by atoms with van der Waals surface area (Å²) in [6.45, 7) is -0.275. The van der Waals surface area contributed by atoms with Gasteiger partial charge in [-0.2, -0.15) is 13.2 Å². The lowest BCUT2D eigenvalue weighted by Gasteiger charge is -2.13. The summed E-state index contributed by atoms with van der Waals surface area (Å²) in [6.07, 6.45) is -8.14. The van der Waals surface area contributed by atoms with Crippen molar-refractivity contribution in [3.63, 3.8) is 0 Å². The van der Waals surface area contributed by atoms with Crippen molar-refractivity contribution < 1.29 is 31.5 Å². The summed E-state index contributed by atoms with van der Waals surface area (Å²) in [6, 6.07) is 6.57. The van der Waals surface area contributed by atoms with E-state index in [0.717, 1.165) is 11.6 Å². The first-order valence-corrected chi connectivity index (χ1v) is 8.02. The molecule has 4 rings (SSSR count). The highest BCUT2D eigenvalue weighted by Crippen LogP contribution is 2.36. The summed E-state index contributed by atoms with van der Waals surface area (Å²) in [5.41, 5.74) is -1.57. The molecule has 1 aliphatic rings. The van der Waals surface area contributed by atoms with Gasteiger partial charge in [0.2, 0.25) is 5.91 Å². The Bertz CT molecular complexity index is 1080. The van der Waals surface area contributed by atoms with Crippen LogP contribution in [0.5, 0.6) is 5.75 Å². The largest absolute Gasteiger partial charge is 0.486 e. The van der Waals surface area contributed by atoms with E-state index in [1.165, 1.54) is 0 Å². The predicted molar refractivity (Wildman–Crippen MR) is 86.1 cm³/mol. The number of rotatable bonds is 4. The van der Waals surface area contributed by atoms with E-state index in [1.807, 2.05) is 0 Å². The van der Waals surface area contributed by atoms with Gasteiger partial charge in [-0.3, -0.25) is 4.79 Å². The summed E-state index contributed by atoms with van der Waals surface area (Å²) < 4.78 is 71.6. The first kappa shape index (κ1) is 18.1. The molecule has 0 aliphatic carbocycles. The molecule has 0 spiro atoms. The number of hydrogen-bond acceptors (Lipinski definition) is 4. The molecule has 2 aromatic heterocycles. The summed E-state index contributed by atoms with van der Waals surface area (Å²) >= 11 is 0. The molecule has 0 fully saturated rings. The van der Waals surface area contributed by atoms with Crippen LogP contribution in [0.15, 0.2) is 30.3 Å². The van der Waals surface area contributed by atoms with Gasteiger partial charge in [0.05, 0.1) is 6.42 Å². The lowest BCUT2D eigenvalue weighted by molar-refractivity contribution is -0.144. The maximum atomic E-state index is 13.3. The standard InChI is InChI=1S/C17H11F5N4O2/c18-16(19)10-2-4-13-24-12(25-26(13)15(10)17(20,21)22)7-28-9-1-3-11-8(5-9)6-14(27)23-11/h1-5,16H,6-7H2,(H,23,27). The van der Waals surface area contributed by atoms with Crippen LogP contribution in [0.25, 0.3) is 5.65 Å². The van der Waals surface area contributed by atoms with Crippen molar-refractivity contribution in [1.82, 2.24) is 14.6 Å². The SMILES string of the molecule is O=C1Cc2cc(OCc3nc4ccc(C(F)F)c(C(F)(F)F)n4n3)ccc2N1. The van der Waals surface area contributed by atoms with Crippen molar-refractivity contribution in [3.8, 4) is 5.75 Å². The number of fused-ring (bicyclic) bond motifs is 2. The Morgan fingerprint density at radius 2 is 2.00 bits per heavy atom. The average molecular weight is 398 g/mol. The Hall–Kier alpha value is -3.24. The molecule has 0 saturated carbocycles. The maximum Gasteiger partial charge on any atom is 0.433 e. The molecule has 11 heteroatoms. The monoisotopic (exact) mass is 398 g/mol. The molecule has 1 aliphatic heterocycles. The molecule has 28 heavy (non-hydrogen) atoms. The first-order chi connectivity index (χ1) is 13.2. The minimum Gasteiger partial charge on any atom is -0.486 e. The number of amides is 1. The molecule has 146 valence electrons. The topological polar surface area (TPSA) is 68.5 Å². The molecule has 0 radical (unpaired) electrons. The van der Waals surface area contributed by atoms with Crippen LogP contribution in [-0.2, 0) is 24.0 Å². The third kappa shape index (κ3) is 3.23. The molecular weight excluding hydrogens is 387 g/mol. The van der Waals surface area contributed by atoms with Gasteiger partial charge >= 0.3 is 6.18 Å². The van der Waals surface area contributed by atoms with Crippen molar-refractivity contribution in [2.24, 2.45) is 0 Å². The van der Waals surface area contributed by atoms with E-state index in [4.69, 9.17) is 4.74 Å². The number of ether oxygens (including phenoxy) is 1. The molecule has 0 unspecified atom stereocenters. The van der Waals surface area contributed by atoms with Crippen LogP contribution in [0, 0.1) is 0 Å². The fourth-order valence-corrected chi connectivity index (χ4v) is 2.97. The number of nitrogens with one attached hydrogen (secondary N) is 1. The number of benzene rings is 1. The van der Waals surface area contributed by atoms with Gasteiger partial charge in [0.15, 0.2) is 17.2 Å². The van der Waals surface area contributed by atoms with Gasteiger partial charge in [-0.25, -0.2) is 18.3 Å². The zero-order chi connectivity index (χ0) is 20.1. The van der Waals surface area contributed by atoms with E-state index < -0.39 is 23.9 Å². The smallest absolute Gasteiger partial charge is 0.433 e. The molecule has 0 saturated heterocycles. The number of anilines is 1. The highest BCUT2D eigenvalue weighted by Gasteiger charge is 2.39. The van der Waals surface area contributed by atoms with Gasteiger partial charge in [-0.1, -0.05) is 0 Å². The zero-order valence-electron chi connectivity index (χ0n) is 13.9. The second-order valence-electron chi connectivity index (χ2n) is 6.07. The van der Waals surface area contributed by atoms with Crippen LogP contribution in [-0.4, -0.2) is 20.5 Å². The Balaban J connectivity index is 1.62. The van der Waals surface area contributed by atoms with E-state index in [1.54, 1.807) is 18.2 Å². The van der Waals surface area contributed by atoms with Gasteiger partial charge in [-0.05, 0) is 35.9 Å². The molecule has 1 amide bonds. The fourth-order valence-electron chi connectivity index (χ4n) is 2.97. The van der Waals surface area contributed by atoms with Gasteiger partial charge < -0.3 is 10.1 Å². The molecule has 3 heterocycles. The first-order valence-electron chi connectivity index (χ1n) is 8.02. The third-order valence-electron chi connectivity index (χ3n) is 4.15. The normalized spacial score (nSPS) is 13.9. The van der Waals surface area contributed by atoms with Gasteiger partial charge in [0, 0.05) is 11.3 Å². The van der Waals surface area contributed by atoms with Crippen LogP contribution in [0.1, 0.15) is 29.1 Å². The van der Waals surface area contributed by atoms with E-state index in [9.17, 15) is 26.7 Å². The van der Waals surface area contributed by atoms with E-state index >= 15 is 0 Å². The second-order valence-corrected chi connectivity index (χ2v) is 6.07. The molecule has 3 aromatic rings. The van der Waals surface area contributed by atoms with Crippen molar-refractivity contribution >= 4 is 17.2 Å². The molecule has 1 aromatic carbocycles. The van der Waals surface area contributed by atoms with Gasteiger partial charge in [0.25, 0.3) is 6.43 Å². The lowest BCUT2D eigenvalue weighted by atomic mass is 10.1. The summed E-state index contributed by atoms with van der Waals surface area (Å²) in [7, 11) is 0. The van der Waals surface area contributed by atoms with Crippen LogP contribution < -0.4 is 10.1 Å². The summed E-state index contributed by atoms with van der Waals surface area (Å²) in [5, 5.41) is 6.34. The predicted octanol–water partition coefficient (Wildman–Crippen LogP) is 3.76. The summed E-state index contributed by atoms with van der Waals surface area (Å²) in [5.74, 6) is 0.119. The zero-order valence-corrected chi connectivity index (χ0v) is 13.9. The van der Waals surface area contributed by atoms with Gasteiger partial charge in [0.1, 0.15) is 12.4 Å². The summed E-state index contributed by atoms with van der Waals surface area (Å²) in [4.78, 5) is 15.3. The number of carbonyl (C=O) groups excluding carboxylic acids is 1. The molecular formula is C17H11F5N4O2. The molecule has 6 nitrogen and oxygen atoms in total. The Kier molecular flexibility index (Phi) is 4.16. The van der Waals surface area contributed by atoms with Crippen LogP contribution >= 0.6 is 0 Å². The average Bonchev–Trinajstić information content (AvgIpc) is 3.18. The van der Waals surface area contributed by atoms with Gasteiger partial charge in [-0.15, -0.1) is 5.10 Å². The highest BCUT2D eigenvalue weighted by molar-refractivity contribution is 5.99. The van der Waals surface area contributed by atoms with Crippen LogP contribution in [0.2, 0.25) is 0 Å². The minimum absolute atomic E-state index is 0.105. The maximum absolute atomic E-state index is 13.3. The number of halogens is 5. The molecule has 0 atom stereocenters. The fraction of sp³-hybridized carbons (Fsp3) is 0.235. The minimum atomic E-state index is -5.03. The van der Waals surface area contributed by atoms with E-state index in [2.05, 4.69) is 15.4 Å². The van der Waals surface area contributed by atoms with Crippen molar-refractivity contribution in [2.75, 3.05) is 5.32 Å². The number of hydrogen-bond donors (Lipinski definition) is 1. The number of nitrogens with zero attached hydrogens (tertiary/aromatic N) is 3. The third-order valence-corrected chi connectivity index (χ3v) is 4.15. The number of aromatic nitrogens is 3. The molecule has 0 bridgehead atoms. The van der Waals surface area contributed by atoms with Crippen LogP contribution in [0.3, 0.4) is 0 Å². The van der Waals surface area contributed by atoms with Crippen molar-refractivity contribution in [2.45, 2.75) is 25.6 Å². The van der Waals surface area contributed by atoms with Crippen molar-refractivity contribution in [3.05, 3.63) is 53.0 Å². The second kappa shape index (κ2) is 6.43. The van der Waals surface area contributed by atoms with E-state index in [-0.39, 0.29) is 30.4 Å². The van der Waals surface area contributed by atoms with Crippen LogP contribution in [0.4, 0.5) is 27.6 Å².